The third-order valence-corrected chi connectivity index (χ3v) is 4.35. The van der Waals surface area contributed by atoms with Crippen LogP contribution in [0.1, 0.15) is 40.5 Å². The van der Waals surface area contributed by atoms with E-state index in [9.17, 15) is 24.3 Å². The summed E-state index contributed by atoms with van der Waals surface area (Å²) < 4.78 is 0. The number of nitrogens with zero attached hydrogens (tertiary/aromatic N) is 1. The van der Waals surface area contributed by atoms with Crippen LogP contribution in [0.5, 0.6) is 0 Å². The molecule has 0 aliphatic carbocycles. The Morgan fingerprint density at radius 3 is 1.90 bits per heavy atom. The Morgan fingerprint density at radius 2 is 1.45 bits per heavy atom. The van der Waals surface area contributed by atoms with Crippen LogP contribution in [0.25, 0.3) is 0 Å². The molecule has 3 amide bonds. The second-order valence-corrected chi connectivity index (χ2v) is 7.58. The van der Waals surface area contributed by atoms with E-state index in [0.29, 0.717) is 19.4 Å². The predicted octanol–water partition coefficient (Wildman–Crippen LogP) is -3.04. The number of guanidine groups is 1. The van der Waals surface area contributed by atoms with Crippen LogP contribution in [0.2, 0.25) is 0 Å². The maximum atomic E-state index is 12.6. The number of aliphatic hydroxyl groups excluding tert-OH is 1. The molecule has 0 radical (unpaired) electrons. The minimum absolute atomic E-state index is 0.0594. The second kappa shape index (κ2) is 13.4. The highest BCUT2D eigenvalue weighted by Crippen LogP contribution is 2.05. The number of aliphatic hydroxyl groups is 1. The quantitative estimate of drug-likeness (QED) is 0.0815. The lowest BCUT2D eigenvalue weighted by atomic mass is 10.0. The minimum Gasteiger partial charge on any atom is -0.480 e. The highest BCUT2D eigenvalue weighted by atomic mass is 16.4. The summed E-state index contributed by atoms with van der Waals surface area (Å²) in [6, 6.07) is -4.49. The number of nitrogens with one attached hydrogen (secondary N) is 3. The van der Waals surface area contributed by atoms with Gasteiger partial charge in [-0.3, -0.25) is 19.4 Å². The molecule has 0 saturated carbocycles. The molecule has 5 atom stereocenters. The Morgan fingerprint density at radius 1 is 0.903 bits per heavy atom. The molecule has 13 heteroatoms. The van der Waals surface area contributed by atoms with E-state index < -0.39 is 54.0 Å². The van der Waals surface area contributed by atoms with Gasteiger partial charge in [-0.05, 0) is 32.6 Å². The summed E-state index contributed by atoms with van der Waals surface area (Å²) in [5, 5.41) is 25.6. The summed E-state index contributed by atoms with van der Waals surface area (Å²) in [6.07, 6.45) is -0.569. The molecule has 0 spiro atoms. The van der Waals surface area contributed by atoms with E-state index in [-0.39, 0.29) is 11.9 Å². The van der Waals surface area contributed by atoms with Crippen molar-refractivity contribution in [1.29, 1.82) is 0 Å². The number of aliphatic imine (C=N–C) groups is 1. The zero-order valence-electron chi connectivity index (χ0n) is 18.3. The van der Waals surface area contributed by atoms with Crippen molar-refractivity contribution in [3.05, 3.63) is 0 Å². The highest BCUT2D eigenvalue weighted by molar-refractivity contribution is 5.94. The molecule has 0 aliphatic rings. The number of carbonyl (C=O) groups is 4. The molecule has 0 aromatic heterocycles. The van der Waals surface area contributed by atoms with Gasteiger partial charge < -0.3 is 43.4 Å². The molecule has 13 nitrogen and oxygen atoms in total. The fourth-order valence-electron chi connectivity index (χ4n) is 2.48. The molecule has 0 bridgehead atoms. The number of hydrogen-bond donors (Lipinski definition) is 8. The van der Waals surface area contributed by atoms with E-state index in [1.807, 2.05) is 0 Å². The van der Waals surface area contributed by atoms with E-state index in [2.05, 4.69) is 20.9 Å². The first-order chi connectivity index (χ1) is 14.3. The number of amides is 3. The summed E-state index contributed by atoms with van der Waals surface area (Å²) in [5.74, 6) is -3.78. The lowest BCUT2D eigenvalue weighted by Crippen LogP contribution is -2.58. The summed E-state index contributed by atoms with van der Waals surface area (Å²) in [6.45, 7) is 6.28. The number of carbonyl (C=O) groups excluding carboxylic acids is 3. The molecule has 0 aromatic rings. The molecule has 5 unspecified atom stereocenters. The topological polar surface area (TPSA) is 235 Å². The molecule has 0 aromatic carbocycles. The summed E-state index contributed by atoms with van der Waals surface area (Å²) >= 11 is 0. The van der Waals surface area contributed by atoms with Gasteiger partial charge in [0.25, 0.3) is 0 Å². The van der Waals surface area contributed by atoms with Crippen molar-refractivity contribution in [3.63, 3.8) is 0 Å². The van der Waals surface area contributed by atoms with Crippen molar-refractivity contribution in [2.45, 2.75) is 70.8 Å². The first-order valence-corrected chi connectivity index (χ1v) is 9.90. The molecule has 0 heterocycles. The van der Waals surface area contributed by atoms with Crippen molar-refractivity contribution in [3.8, 4) is 0 Å². The van der Waals surface area contributed by atoms with Crippen molar-refractivity contribution < 1.29 is 29.4 Å². The van der Waals surface area contributed by atoms with Gasteiger partial charge in [0, 0.05) is 6.54 Å². The molecule has 0 saturated heterocycles. The lowest BCUT2D eigenvalue weighted by molar-refractivity contribution is -0.145. The van der Waals surface area contributed by atoms with E-state index in [4.69, 9.17) is 22.3 Å². The van der Waals surface area contributed by atoms with Gasteiger partial charge in [-0.2, -0.15) is 0 Å². The van der Waals surface area contributed by atoms with Gasteiger partial charge >= 0.3 is 5.97 Å². The van der Waals surface area contributed by atoms with E-state index in [0.717, 1.165) is 0 Å². The molecule has 178 valence electrons. The standard InChI is InChI=1S/C18H35N7O6/c1-8(2)12(24-15(28)11(19)6-5-7-22-18(20)21)16(29)23-9(3)14(27)25-13(10(4)26)17(30)31/h8-13,26H,5-7,19H2,1-4H3,(H,23,29)(H,24,28)(H,25,27)(H,30,31)(H4,20,21,22). The van der Waals surface area contributed by atoms with Gasteiger partial charge in [0.1, 0.15) is 12.1 Å². The summed E-state index contributed by atoms with van der Waals surface area (Å²) in [5.41, 5.74) is 16.3. The van der Waals surface area contributed by atoms with Crippen LogP contribution < -0.4 is 33.2 Å². The monoisotopic (exact) mass is 445 g/mol. The van der Waals surface area contributed by atoms with Gasteiger partial charge in [-0.25, -0.2) is 4.79 Å². The first kappa shape index (κ1) is 28.1. The van der Waals surface area contributed by atoms with Crippen LogP contribution in [-0.2, 0) is 19.2 Å². The number of hydrogen-bond acceptors (Lipinski definition) is 7. The Balaban J connectivity index is 4.89. The van der Waals surface area contributed by atoms with Crippen LogP contribution >= 0.6 is 0 Å². The molecular formula is C18H35N7O6. The van der Waals surface area contributed by atoms with E-state index >= 15 is 0 Å². The van der Waals surface area contributed by atoms with Crippen molar-refractivity contribution >= 4 is 29.7 Å². The Hall–Kier alpha value is -2.93. The molecule has 0 fully saturated rings. The van der Waals surface area contributed by atoms with Crippen LogP contribution in [0.3, 0.4) is 0 Å². The fourth-order valence-corrected chi connectivity index (χ4v) is 2.48. The molecular weight excluding hydrogens is 410 g/mol. The Bertz CT molecular complexity index is 664. The van der Waals surface area contributed by atoms with Crippen LogP contribution in [0, 0.1) is 5.92 Å². The molecule has 0 aliphatic heterocycles. The van der Waals surface area contributed by atoms with Gasteiger partial charge in [-0.1, -0.05) is 13.8 Å². The van der Waals surface area contributed by atoms with Gasteiger partial charge in [0.15, 0.2) is 12.0 Å². The van der Waals surface area contributed by atoms with E-state index in [1.165, 1.54) is 13.8 Å². The van der Waals surface area contributed by atoms with Crippen LogP contribution in [0.4, 0.5) is 0 Å². The normalized spacial score (nSPS) is 15.7. The van der Waals surface area contributed by atoms with Crippen LogP contribution in [-0.4, -0.2) is 76.7 Å². The van der Waals surface area contributed by atoms with Gasteiger partial charge in [-0.15, -0.1) is 0 Å². The predicted molar refractivity (Wildman–Crippen MR) is 114 cm³/mol. The summed E-state index contributed by atoms with van der Waals surface area (Å²) in [7, 11) is 0. The second-order valence-electron chi connectivity index (χ2n) is 7.58. The highest BCUT2D eigenvalue weighted by Gasteiger charge is 2.31. The molecule has 0 rings (SSSR count). The molecule has 11 N–H and O–H groups in total. The number of aliphatic carboxylic acids is 1. The average molecular weight is 446 g/mol. The maximum absolute atomic E-state index is 12.6. The summed E-state index contributed by atoms with van der Waals surface area (Å²) in [4.78, 5) is 52.0. The number of carboxylic acids is 1. The largest absolute Gasteiger partial charge is 0.480 e. The Labute approximate surface area is 181 Å². The number of rotatable bonds is 13. The van der Waals surface area contributed by atoms with Crippen molar-refractivity contribution in [1.82, 2.24) is 16.0 Å². The Kier molecular flexibility index (Phi) is 12.1. The zero-order chi connectivity index (χ0) is 24.3. The fraction of sp³-hybridized carbons (Fsp3) is 0.722. The third kappa shape index (κ3) is 10.6. The van der Waals surface area contributed by atoms with Crippen molar-refractivity contribution in [2.24, 2.45) is 28.1 Å². The number of carboxylic acid groups (broad SMARTS) is 1. The third-order valence-electron chi connectivity index (χ3n) is 4.35. The minimum atomic E-state index is -1.52. The van der Waals surface area contributed by atoms with E-state index in [1.54, 1.807) is 13.8 Å². The van der Waals surface area contributed by atoms with Crippen molar-refractivity contribution in [2.75, 3.05) is 6.54 Å². The van der Waals surface area contributed by atoms with Crippen LogP contribution in [0.15, 0.2) is 4.99 Å². The van der Waals surface area contributed by atoms with Gasteiger partial charge in [0.05, 0.1) is 12.1 Å². The number of nitrogens with two attached hydrogens (primary N) is 3. The zero-order valence-corrected chi connectivity index (χ0v) is 18.3. The lowest BCUT2D eigenvalue weighted by Gasteiger charge is -2.26. The molecule has 31 heavy (non-hydrogen) atoms. The maximum Gasteiger partial charge on any atom is 0.328 e. The smallest absolute Gasteiger partial charge is 0.328 e. The average Bonchev–Trinajstić information content (AvgIpc) is 2.65. The SMILES string of the molecule is CC(NC(=O)C(NC(=O)C(N)CCCN=C(N)N)C(C)C)C(=O)NC(C(=O)O)C(C)O. The first-order valence-electron chi connectivity index (χ1n) is 9.90. The van der Waals surface area contributed by atoms with Gasteiger partial charge in [0.2, 0.25) is 17.7 Å².